The molecule has 0 saturated heterocycles. The summed E-state index contributed by atoms with van der Waals surface area (Å²) in [5.74, 6) is -0.126. The van der Waals surface area contributed by atoms with Crippen molar-refractivity contribution in [3.05, 3.63) is 30.3 Å². The van der Waals surface area contributed by atoms with Crippen LogP contribution in [0.15, 0.2) is 30.3 Å². The number of rotatable bonds is 8. The van der Waals surface area contributed by atoms with Crippen LogP contribution in [0.4, 0.5) is 5.69 Å². The summed E-state index contributed by atoms with van der Waals surface area (Å²) in [5, 5.41) is 3.28. The second-order valence-electron chi connectivity index (χ2n) is 3.99. The van der Waals surface area contributed by atoms with E-state index in [1.807, 2.05) is 30.3 Å². The van der Waals surface area contributed by atoms with E-state index in [4.69, 9.17) is 4.55 Å². The third-order valence-corrected chi connectivity index (χ3v) is 3.24. The van der Waals surface area contributed by atoms with Gasteiger partial charge >= 0.3 is 29.6 Å². The Bertz CT molecular complexity index is 409. The molecule has 0 heterocycles. The Kier molecular flexibility index (Phi) is 9.77. The second-order valence-corrected chi connectivity index (χ2v) is 5.57. The Hall–Kier alpha value is -0.0700. The molecule has 98 valence electrons. The summed E-state index contributed by atoms with van der Waals surface area (Å²) in [6, 6.07) is 9.96. The maximum atomic E-state index is 10.4. The van der Waals surface area contributed by atoms with E-state index in [-0.39, 0.29) is 35.3 Å². The monoisotopic (exact) mass is 281 g/mol. The molecule has 0 unspecified atom stereocenters. The van der Waals surface area contributed by atoms with Gasteiger partial charge in [-0.1, -0.05) is 31.0 Å². The Labute approximate surface area is 131 Å². The summed E-state index contributed by atoms with van der Waals surface area (Å²) in [6.45, 7) is 0.885. The summed E-state index contributed by atoms with van der Waals surface area (Å²) in [5.41, 5.74) is 1.10. The van der Waals surface area contributed by atoms with Gasteiger partial charge in [0.05, 0.1) is 5.75 Å². The van der Waals surface area contributed by atoms with E-state index in [0.717, 1.165) is 31.5 Å². The number of hydrogen-bond acceptors (Lipinski definition) is 3. The van der Waals surface area contributed by atoms with Gasteiger partial charge in [0.1, 0.15) is 0 Å². The van der Waals surface area contributed by atoms with Crippen molar-refractivity contribution >= 4 is 45.4 Å². The molecule has 0 saturated carbocycles. The van der Waals surface area contributed by atoms with E-state index < -0.39 is 10.1 Å². The van der Waals surface area contributed by atoms with Crippen molar-refractivity contribution in [1.29, 1.82) is 0 Å². The Morgan fingerprint density at radius 3 is 2.22 bits per heavy atom. The van der Waals surface area contributed by atoms with E-state index in [0.29, 0.717) is 6.42 Å². The van der Waals surface area contributed by atoms with Gasteiger partial charge < -0.3 is 5.32 Å². The van der Waals surface area contributed by atoms with E-state index in [1.165, 1.54) is 0 Å². The molecule has 0 radical (unpaired) electrons. The van der Waals surface area contributed by atoms with Crippen LogP contribution in [0, 0.1) is 0 Å². The minimum atomic E-state index is -3.78. The van der Waals surface area contributed by atoms with Crippen LogP contribution in [0.2, 0.25) is 0 Å². The molecular weight excluding hydrogens is 261 g/mol. The SMILES string of the molecule is O=S(=O)(O)CCCCCCNc1ccccc1.[NaH]. The Morgan fingerprint density at radius 2 is 1.61 bits per heavy atom. The predicted octanol–water partition coefficient (Wildman–Crippen LogP) is 1.90. The molecule has 1 rings (SSSR count). The van der Waals surface area contributed by atoms with Gasteiger partial charge in [0.15, 0.2) is 0 Å². The molecule has 1 aromatic rings. The van der Waals surface area contributed by atoms with Crippen molar-refractivity contribution in [3.63, 3.8) is 0 Å². The molecule has 1 aromatic carbocycles. The first-order valence-corrected chi connectivity index (χ1v) is 7.43. The van der Waals surface area contributed by atoms with Crippen molar-refractivity contribution in [1.82, 2.24) is 0 Å². The van der Waals surface area contributed by atoms with Crippen molar-refractivity contribution in [2.45, 2.75) is 25.7 Å². The van der Waals surface area contributed by atoms with Crippen LogP contribution in [0.25, 0.3) is 0 Å². The van der Waals surface area contributed by atoms with Crippen LogP contribution in [0.3, 0.4) is 0 Å². The summed E-state index contributed by atoms with van der Waals surface area (Å²) < 4.78 is 29.4. The predicted molar refractivity (Wildman–Crippen MR) is 77.0 cm³/mol. The summed E-state index contributed by atoms with van der Waals surface area (Å²) in [4.78, 5) is 0. The van der Waals surface area contributed by atoms with Crippen LogP contribution in [-0.4, -0.2) is 54.8 Å². The molecule has 0 fully saturated rings. The molecule has 0 amide bonds. The van der Waals surface area contributed by atoms with E-state index in [9.17, 15) is 8.42 Å². The Balaban J connectivity index is 0.00000289. The average Bonchev–Trinajstić information content (AvgIpc) is 2.28. The number of para-hydroxylation sites is 1. The zero-order valence-electron chi connectivity index (χ0n) is 9.80. The number of hydrogen-bond donors (Lipinski definition) is 2. The molecular formula is C12H20NNaO3S. The molecule has 0 aliphatic carbocycles. The van der Waals surface area contributed by atoms with Gasteiger partial charge in [-0.25, -0.2) is 0 Å². The van der Waals surface area contributed by atoms with Crippen molar-refractivity contribution < 1.29 is 13.0 Å². The first-order chi connectivity index (χ1) is 8.08. The molecule has 4 nitrogen and oxygen atoms in total. The van der Waals surface area contributed by atoms with Gasteiger partial charge in [-0.15, -0.1) is 0 Å². The normalized spacial score (nSPS) is 10.7. The van der Waals surface area contributed by atoms with Crippen LogP contribution < -0.4 is 5.32 Å². The molecule has 18 heavy (non-hydrogen) atoms. The topological polar surface area (TPSA) is 66.4 Å². The van der Waals surface area contributed by atoms with Crippen LogP contribution in [-0.2, 0) is 10.1 Å². The zero-order chi connectivity index (χ0) is 12.6. The number of nitrogens with one attached hydrogen (secondary N) is 1. The fraction of sp³-hybridized carbons (Fsp3) is 0.500. The molecule has 2 N–H and O–H groups in total. The van der Waals surface area contributed by atoms with Gasteiger partial charge in [0, 0.05) is 12.2 Å². The third kappa shape index (κ3) is 9.91. The van der Waals surface area contributed by atoms with Gasteiger partial charge in [-0.2, -0.15) is 8.42 Å². The summed E-state index contributed by atoms with van der Waals surface area (Å²) >= 11 is 0. The molecule has 0 spiro atoms. The van der Waals surface area contributed by atoms with Gasteiger partial charge in [-0.3, -0.25) is 4.55 Å². The number of anilines is 1. The number of unbranched alkanes of at least 4 members (excludes halogenated alkanes) is 3. The maximum absolute atomic E-state index is 10.4. The fourth-order valence-electron chi connectivity index (χ4n) is 1.55. The fourth-order valence-corrected chi connectivity index (χ4v) is 2.12. The summed E-state index contributed by atoms with van der Waals surface area (Å²) in [7, 11) is -3.78. The van der Waals surface area contributed by atoms with E-state index >= 15 is 0 Å². The van der Waals surface area contributed by atoms with Crippen LogP contribution in [0.5, 0.6) is 0 Å². The molecule has 6 heteroatoms. The Morgan fingerprint density at radius 1 is 1.00 bits per heavy atom. The minimum absolute atomic E-state index is 0. The first-order valence-electron chi connectivity index (χ1n) is 5.82. The quantitative estimate of drug-likeness (QED) is 0.434. The van der Waals surface area contributed by atoms with Crippen LogP contribution >= 0.6 is 0 Å². The van der Waals surface area contributed by atoms with Gasteiger partial charge in [0.25, 0.3) is 10.1 Å². The molecule has 0 bridgehead atoms. The summed E-state index contributed by atoms with van der Waals surface area (Å²) in [6.07, 6.45) is 3.33. The standard InChI is InChI=1S/C12H19NO3S.Na.H/c14-17(15,16)11-7-2-1-6-10-13-12-8-4-3-5-9-12;;/h3-5,8-9,13H,1-2,6-7,10-11H2,(H,14,15,16);;. The molecule has 0 aliphatic rings. The molecule has 0 aliphatic heterocycles. The van der Waals surface area contributed by atoms with Crippen molar-refractivity contribution in [3.8, 4) is 0 Å². The third-order valence-electron chi connectivity index (χ3n) is 2.43. The number of benzene rings is 1. The van der Waals surface area contributed by atoms with Crippen molar-refractivity contribution in [2.75, 3.05) is 17.6 Å². The second kappa shape index (κ2) is 9.81. The molecule has 0 atom stereocenters. The van der Waals surface area contributed by atoms with E-state index in [1.54, 1.807) is 0 Å². The van der Waals surface area contributed by atoms with Crippen LogP contribution in [0.1, 0.15) is 25.7 Å². The molecule has 0 aromatic heterocycles. The average molecular weight is 281 g/mol. The first kappa shape index (κ1) is 17.9. The van der Waals surface area contributed by atoms with Gasteiger partial charge in [0.2, 0.25) is 0 Å². The van der Waals surface area contributed by atoms with Gasteiger partial charge in [-0.05, 0) is 25.0 Å². The van der Waals surface area contributed by atoms with Crippen molar-refractivity contribution in [2.24, 2.45) is 0 Å². The zero-order valence-corrected chi connectivity index (χ0v) is 10.6. The van der Waals surface area contributed by atoms with E-state index in [2.05, 4.69) is 5.32 Å².